The summed E-state index contributed by atoms with van der Waals surface area (Å²) in [5.74, 6) is 1.24. The summed E-state index contributed by atoms with van der Waals surface area (Å²) < 4.78 is 0. The van der Waals surface area contributed by atoms with Gasteiger partial charge in [-0.1, -0.05) is 46.6 Å². The van der Waals surface area contributed by atoms with Crippen molar-refractivity contribution in [3.8, 4) is 0 Å². The molecule has 0 aliphatic heterocycles. The summed E-state index contributed by atoms with van der Waals surface area (Å²) >= 11 is 0. The summed E-state index contributed by atoms with van der Waals surface area (Å²) in [4.78, 5) is 0. The molecule has 0 aromatic carbocycles. The van der Waals surface area contributed by atoms with E-state index >= 15 is 0 Å². The minimum Gasteiger partial charge on any atom is -0.393 e. The van der Waals surface area contributed by atoms with E-state index in [0.717, 1.165) is 12.8 Å². The second-order valence-electron chi connectivity index (χ2n) is 8.44. The standard InChI is InChI=1S/C18H32O/c1-12(2)11-18-14(9-8-10-15(18)19)16(4,5)13(3)17(18,6)7/h13-15,19H,1,8-11H2,2-7H3. The zero-order chi connectivity index (χ0) is 14.6. The maximum Gasteiger partial charge on any atom is 0.0607 e. The van der Waals surface area contributed by atoms with E-state index in [9.17, 15) is 5.11 Å². The third-order valence-electron chi connectivity index (χ3n) is 7.08. The van der Waals surface area contributed by atoms with Crippen molar-refractivity contribution in [2.45, 2.75) is 73.3 Å². The topological polar surface area (TPSA) is 20.2 Å². The molecule has 1 heteroatoms. The molecular weight excluding hydrogens is 232 g/mol. The van der Waals surface area contributed by atoms with Gasteiger partial charge in [-0.3, -0.25) is 0 Å². The first-order valence-electron chi connectivity index (χ1n) is 7.91. The van der Waals surface area contributed by atoms with E-state index in [1.165, 1.54) is 18.4 Å². The number of rotatable bonds is 2. The maximum atomic E-state index is 10.9. The Hall–Kier alpha value is -0.300. The van der Waals surface area contributed by atoms with Crippen molar-refractivity contribution < 1.29 is 5.11 Å². The SMILES string of the molecule is C=C(C)CC12C(O)CCCC1C(C)(C)C(C)C2(C)C. The van der Waals surface area contributed by atoms with E-state index < -0.39 is 0 Å². The number of aliphatic hydroxyl groups is 1. The highest BCUT2D eigenvalue weighted by atomic mass is 16.3. The van der Waals surface area contributed by atoms with Crippen molar-refractivity contribution >= 4 is 0 Å². The predicted molar refractivity (Wildman–Crippen MR) is 81.9 cm³/mol. The second kappa shape index (κ2) is 4.35. The van der Waals surface area contributed by atoms with E-state index in [2.05, 4.69) is 48.1 Å². The van der Waals surface area contributed by atoms with Crippen LogP contribution in [0.2, 0.25) is 0 Å². The summed E-state index contributed by atoms with van der Waals surface area (Å²) in [6.07, 6.45) is 4.23. The third kappa shape index (κ3) is 1.77. The maximum absolute atomic E-state index is 10.9. The van der Waals surface area contributed by atoms with Crippen LogP contribution in [0.5, 0.6) is 0 Å². The summed E-state index contributed by atoms with van der Waals surface area (Å²) in [7, 11) is 0. The molecule has 19 heavy (non-hydrogen) atoms. The Morgan fingerprint density at radius 1 is 1.21 bits per heavy atom. The minimum atomic E-state index is -0.165. The lowest BCUT2D eigenvalue weighted by atomic mass is 9.53. The number of fused-ring (bicyclic) bond motifs is 1. The quantitative estimate of drug-likeness (QED) is 0.710. The summed E-state index contributed by atoms with van der Waals surface area (Å²) in [5.41, 5.74) is 1.73. The number of allylic oxidation sites excluding steroid dienone is 1. The van der Waals surface area contributed by atoms with Crippen LogP contribution in [-0.2, 0) is 0 Å². The van der Waals surface area contributed by atoms with E-state index in [0.29, 0.717) is 17.3 Å². The molecule has 2 fully saturated rings. The third-order valence-corrected chi connectivity index (χ3v) is 7.08. The van der Waals surface area contributed by atoms with Crippen LogP contribution in [0.1, 0.15) is 67.2 Å². The van der Waals surface area contributed by atoms with Gasteiger partial charge in [-0.15, -0.1) is 6.58 Å². The highest BCUT2D eigenvalue weighted by molar-refractivity contribution is 5.20. The zero-order valence-electron chi connectivity index (χ0n) is 13.7. The molecule has 2 saturated carbocycles. The monoisotopic (exact) mass is 264 g/mol. The summed E-state index contributed by atoms with van der Waals surface area (Å²) in [5, 5.41) is 10.9. The van der Waals surface area contributed by atoms with Gasteiger partial charge in [-0.2, -0.15) is 0 Å². The highest BCUT2D eigenvalue weighted by Gasteiger charge is 2.68. The van der Waals surface area contributed by atoms with E-state index in [1.54, 1.807) is 0 Å². The van der Waals surface area contributed by atoms with Crippen molar-refractivity contribution in [3.05, 3.63) is 12.2 Å². The fourth-order valence-electron chi connectivity index (χ4n) is 5.78. The van der Waals surface area contributed by atoms with Crippen molar-refractivity contribution in [3.63, 3.8) is 0 Å². The summed E-state index contributed by atoms with van der Waals surface area (Å²) in [6, 6.07) is 0. The molecule has 0 aromatic rings. The van der Waals surface area contributed by atoms with Gasteiger partial charge >= 0.3 is 0 Å². The van der Waals surface area contributed by atoms with Crippen molar-refractivity contribution in [2.24, 2.45) is 28.1 Å². The zero-order valence-corrected chi connectivity index (χ0v) is 13.7. The molecule has 0 aromatic heterocycles. The molecule has 1 N–H and O–H groups in total. The lowest BCUT2D eigenvalue weighted by molar-refractivity contribution is -0.108. The molecule has 4 unspecified atom stereocenters. The van der Waals surface area contributed by atoms with Gasteiger partial charge in [0.1, 0.15) is 0 Å². The van der Waals surface area contributed by atoms with Gasteiger partial charge in [0.2, 0.25) is 0 Å². The fourth-order valence-corrected chi connectivity index (χ4v) is 5.78. The van der Waals surface area contributed by atoms with E-state index in [-0.39, 0.29) is 16.9 Å². The Kier molecular flexibility index (Phi) is 3.45. The highest BCUT2D eigenvalue weighted by Crippen LogP contribution is 2.72. The van der Waals surface area contributed by atoms with Crippen LogP contribution < -0.4 is 0 Å². The Balaban J connectivity index is 2.60. The smallest absolute Gasteiger partial charge is 0.0607 e. The second-order valence-corrected chi connectivity index (χ2v) is 8.44. The van der Waals surface area contributed by atoms with Crippen molar-refractivity contribution in [1.29, 1.82) is 0 Å². The molecule has 0 spiro atoms. The first-order chi connectivity index (χ1) is 8.58. The normalized spacial score (nSPS) is 43.8. The van der Waals surface area contributed by atoms with Crippen molar-refractivity contribution in [2.75, 3.05) is 0 Å². The van der Waals surface area contributed by atoms with Crippen LogP contribution in [-0.4, -0.2) is 11.2 Å². The van der Waals surface area contributed by atoms with E-state index in [1.807, 2.05) is 0 Å². The average molecular weight is 264 g/mol. The molecule has 2 aliphatic carbocycles. The predicted octanol–water partition coefficient (Wildman–Crippen LogP) is 4.80. The molecular formula is C18H32O. The molecule has 0 bridgehead atoms. The molecule has 0 saturated heterocycles. The molecule has 4 atom stereocenters. The molecule has 2 rings (SSSR count). The van der Waals surface area contributed by atoms with Crippen LogP contribution in [0.15, 0.2) is 12.2 Å². The molecule has 110 valence electrons. The molecule has 0 radical (unpaired) electrons. The molecule has 2 aliphatic rings. The Bertz CT molecular complexity index is 379. The largest absolute Gasteiger partial charge is 0.393 e. The Labute approximate surface area is 119 Å². The van der Waals surface area contributed by atoms with Gasteiger partial charge in [0, 0.05) is 5.41 Å². The van der Waals surface area contributed by atoms with Crippen LogP contribution in [0, 0.1) is 28.1 Å². The first kappa shape index (κ1) is 15.1. The van der Waals surface area contributed by atoms with E-state index in [4.69, 9.17) is 0 Å². The van der Waals surface area contributed by atoms with Gasteiger partial charge < -0.3 is 5.11 Å². The van der Waals surface area contributed by atoms with Gasteiger partial charge in [-0.25, -0.2) is 0 Å². The van der Waals surface area contributed by atoms with Gasteiger partial charge in [-0.05, 0) is 48.9 Å². The van der Waals surface area contributed by atoms with Crippen molar-refractivity contribution in [1.82, 2.24) is 0 Å². The fraction of sp³-hybridized carbons (Fsp3) is 0.889. The summed E-state index contributed by atoms with van der Waals surface area (Å²) in [6.45, 7) is 18.3. The van der Waals surface area contributed by atoms with Crippen LogP contribution >= 0.6 is 0 Å². The number of aliphatic hydroxyl groups excluding tert-OH is 1. The van der Waals surface area contributed by atoms with Gasteiger partial charge in [0.25, 0.3) is 0 Å². The number of hydrogen-bond acceptors (Lipinski definition) is 1. The number of hydrogen-bond donors (Lipinski definition) is 1. The van der Waals surface area contributed by atoms with Crippen LogP contribution in [0.4, 0.5) is 0 Å². The first-order valence-corrected chi connectivity index (χ1v) is 7.91. The van der Waals surface area contributed by atoms with Gasteiger partial charge in [0.15, 0.2) is 0 Å². The Morgan fingerprint density at radius 2 is 1.79 bits per heavy atom. The molecule has 0 heterocycles. The minimum absolute atomic E-state index is 0.0278. The average Bonchev–Trinajstić information content (AvgIpc) is 2.39. The molecule has 1 nitrogen and oxygen atoms in total. The lowest BCUT2D eigenvalue weighted by Gasteiger charge is -2.53. The Morgan fingerprint density at radius 3 is 2.32 bits per heavy atom. The van der Waals surface area contributed by atoms with Crippen LogP contribution in [0.25, 0.3) is 0 Å². The molecule has 0 amide bonds. The van der Waals surface area contributed by atoms with Crippen LogP contribution in [0.3, 0.4) is 0 Å². The lowest BCUT2D eigenvalue weighted by Crippen LogP contribution is -2.51. The van der Waals surface area contributed by atoms with Gasteiger partial charge in [0.05, 0.1) is 6.10 Å².